The van der Waals surface area contributed by atoms with Crippen molar-refractivity contribution >= 4 is 5.97 Å². The van der Waals surface area contributed by atoms with Crippen molar-refractivity contribution in [3.05, 3.63) is 12.2 Å². The monoisotopic (exact) mass is 490 g/mol. The van der Waals surface area contributed by atoms with E-state index in [9.17, 15) is 70.7 Å². The number of hydrogen-bond donors (Lipinski definition) is 0. The Hall–Kier alpha value is -1.84. The lowest BCUT2D eigenvalue weighted by Gasteiger charge is -2.74. The Morgan fingerprint density at radius 2 is 0.774 bits per heavy atom. The fourth-order valence-electron chi connectivity index (χ4n) is 4.22. The molecule has 4 aliphatic carbocycles. The third kappa shape index (κ3) is 1.45. The Morgan fingerprint density at radius 3 is 0.968 bits per heavy atom. The molecule has 31 heavy (non-hydrogen) atoms. The third-order valence-electron chi connectivity index (χ3n) is 5.81. The van der Waals surface area contributed by atoms with Gasteiger partial charge in [-0.05, 0) is 6.92 Å². The highest BCUT2D eigenvalue weighted by Gasteiger charge is 3.24. The molecule has 0 aromatic carbocycles. The van der Waals surface area contributed by atoms with E-state index in [0.29, 0.717) is 6.92 Å². The predicted octanol–water partition coefficient (Wildman–Crippen LogP) is 4.82. The number of carbonyl (C=O) groups is 1. The van der Waals surface area contributed by atoms with Crippen LogP contribution >= 0.6 is 0 Å². The molecule has 17 heteroatoms. The zero-order chi connectivity index (χ0) is 24.9. The fraction of sp³-hybridized carbons (Fsp3) is 0.786. The lowest BCUT2D eigenvalue weighted by atomic mass is 9.40. The normalized spacial score (nSPS) is 46.5. The minimum absolute atomic E-state index is 0.316. The van der Waals surface area contributed by atoms with Crippen LogP contribution in [0.3, 0.4) is 0 Å². The first-order chi connectivity index (χ1) is 13.3. The van der Waals surface area contributed by atoms with Crippen LogP contribution in [0.5, 0.6) is 0 Å². The summed E-state index contributed by atoms with van der Waals surface area (Å²) < 4.78 is 219. The lowest BCUT2D eigenvalue weighted by Crippen LogP contribution is -3.10. The molecule has 0 heterocycles. The van der Waals surface area contributed by atoms with E-state index in [0.717, 1.165) is 0 Å². The number of rotatable bonds is 2. The number of carbonyl (C=O) groups excluding carboxylic acids is 1. The summed E-state index contributed by atoms with van der Waals surface area (Å²) in [5, 5.41) is 0. The molecule has 0 N–H and O–H groups in total. The van der Waals surface area contributed by atoms with Crippen LogP contribution in [0.15, 0.2) is 12.2 Å². The molecule has 0 aromatic rings. The number of halogens is 15. The molecule has 0 aromatic heterocycles. The van der Waals surface area contributed by atoms with Crippen molar-refractivity contribution in [2.24, 2.45) is 0 Å². The largest absolute Gasteiger partial charge is 0.436 e. The maximum absolute atomic E-state index is 14.7. The van der Waals surface area contributed by atoms with Crippen molar-refractivity contribution in [1.82, 2.24) is 0 Å². The van der Waals surface area contributed by atoms with E-state index in [2.05, 4.69) is 11.3 Å². The highest BCUT2D eigenvalue weighted by molar-refractivity contribution is 5.88. The van der Waals surface area contributed by atoms with Gasteiger partial charge >= 0.3 is 64.1 Å². The zero-order valence-corrected chi connectivity index (χ0v) is 14.2. The second-order valence-corrected chi connectivity index (χ2v) is 7.27. The maximum atomic E-state index is 14.7. The molecule has 0 atom stereocenters. The number of ether oxygens (including phenoxy) is 1. The molecule has 0 unspecified atom stereocenters. The first-order valence-corrected chi connectivity index (χ1v) is 7.55. The average Bonchev–Trinajstić information content (AvgIpc) is 2.58. The first-order valence-electron chi connectivity index (χ1n) is 7.55. The van der Waals surface area contributed by atoms with Crippen LogP contribution < -0.4 is 0 Å². The van der Waals surface area contributed by atoms with E-state index >= 15 is 0 Å². The Morgan fingerprint density at radius 1 is 0.548 bits per heavy atom. The summed E-state index contributed by atoms with van der Waals surface area (Å²) in [6, 6.07) is 0. The summed E-state index contributed by atoms with van der Waals surface area (Å²) >= 11 is 0. The highest BCUT2D eigenvalue weighted by Crippen LogP contribution is 2.88. The van der Waals surface area contributed by atoms with Crippen LogP contribution in [-0.4, -0.2) is 64.1 Å². The van der Waals surface area contributed by atoms with Gasteiger partial charge in [-0.25, -0.2) is 18.0 Å². The van der Waals surface area contributed by atoms with Crippen LogP contribution in [-0.2, 0) is 9.53 Å². The van der Waals surface area contributed by atoms with Gasteiger partial charge in [-0.2, -0.15) is 52.7 Å². The zero-order valence-electron chi connectivity index (χ0n) is 14.2. The summed E-state index contributed by atoms with van der Waals surface area (Å²) in [5.74, 6) is -49.9. The van der Waals surface area contributed by atoms with Gasteiger partial charge in [0.1, 0.15) is 0 Å². The second-order valence-electron chi connectivity index (χ2n) is 7.27. The predicted molar refractivity (Wildman–Crippen MR) is 64.8 cm³/mol. The standard InChI is InChI=1S/C14H5F15O2/c1-3(2)4(30)31-8-12(24,25)5(15)9(18,19)6(16,13(8,26)27)11(22,23)7(17,10(5,20)21)14(8,28)29/h1H2,2H3. The molecule has 0 spiro atoms. The van der Waals surface area contributed by atoms with Gasteiger partial charge in [0.15, 0.2) is 0 Å². The van der Waals surface area contributed by atoms with Crippen molar-refractivity contribution in [3.8, 4) is 0 Å². The van der Waals surface area contributed by atoms with Gasteiger partial charge in [0.05, 0.1) is 0 Å². The molecule has 4 fully saturated rings. The number of alkyl halides is 15. The van der Waals surface area contributed by atoms with Gasteiger partial charge in [0.2, 0.25) is 0 Å². The van der Waals surface area contributed by atoms with E-state index in [1.807, 2.05) is 0 Å². The quantitative estimate of drug-likeness (QED) is 0.315. The lowest BCUT2D eigenvalue weighted by molar-refractivity contribution is -0.614. The Labute approximate surface area is 160 Å². The van der Waals surface area contributed by atoms with E-state index < -0.39 is 69.7 Å². The van der Waals surface area contributed by atoms with Gasteiger partial charge in [0, 0.05) is 5.57 Å². The Bertz CT molecular complexity index is 792. The summed E-state index contributed by atoms with van der Waals surface area (Å²) in [7, 11) is 0. The van der Waals surface area contributed by atoms with E-state index in [-0.39, 0.29) is 0 Å². The second kappa shape index (κ2) is 4.89. The van der Waals surface area contributed by atoms with Crippen LogP contribution in [0.2, 0.25) is 0 Å². The minimum Gasteiger partial charge on any atom is -0.436 e. The summed E-state index contributed by atoms with van der Waals surface area (Å²) in [6.07, 6.45) is 0. The third-order valence-corrected chi connectivity index (χ3v) is 5.81. The number of esters is 1. The molecule has 4 bridgehead atoms. The molecule has 4 rings (SSSR count). The fourth-order valence-corrected chi connectivity index (χ4v) is 4.22. The number of hydrogen-bond acceptors (Lipinski definition) is 2. The first kappa shape index (κ1) is 23.8. The van der Waals surface area contributed by atoms with Crippen molar-refractivity contribution in [2.45, 2.75) is 65.1 Å². The smallest absolute Gasteiger partial charge is 0.345 e. The average molecular weight is 490 g/mol. The molecule has 2 nitrogen and oxygen atoms in total. The van der Waals surface area contributed by atoms with Gasteiger partial charge in [-0.1, -0.05) is 6.58 Å². The van der Waals surface area contributed by atoms with Crippen LogP contribution in [0.1, 0.15) is 6.92 Å². The van der Waals surface area contributed by atoms with E-state index in [1.165, 1.54) is 0 Å². The van der Waals surface area contributed by atoms with E-state index in [1.54, 1.807) is 0 Å². The van der Waals surface area contributed by atoms with E-state index in [4.69, 9.17) is 0 Å². The molecule has 0 radical (unpaired) electrons. The molecule has 4 saturated carbocycles. The molecular weight excluding hydrogens is 485 g/mol. The van der Waals surface area contributed by atoms with Crippen molar-refractivity contribution in [2.75, 3.05) is 0 Å². The van der Waals surface area contributed by atoms with Crippen LogP contribution in [0, 0.1) is 0 Å². The van der Waals surface area contributed by atoms with Crippen LogP contribution in [0.4, 0.5) is 65.9 Å². The molecule has 0 saturated heterocycles. The Kier molecular flexibility index (Phi) is 3.76. The SMILES string of the molecule is C=C(C)C(=O)OC12C(F)(F)C3(F)C(F)(F)C(F)(C(F)(F)C(F)(C3(F)F)C1(F)F)C2(F)F. The van der Waals surface area contributed by atoms with Gasteiger partial charge in [-0.3, -0.25) is 0 Å². The summed E-state index contributed by atoms with van der Waals surface area (Å²) in [5.41, 5.74) is -32.0. The molecular formula is C14H5F15O2. The van der Waals surface area contributed by atoms with Crippen molar-refractivity contribution in [3.63, 3.8) is 0 Å². The van der Waals surface area contributed by atoms with Crippen molar-refractivity contribution in [1.29, 1.82) is 0 Å². The summed E-state index contributed by atoms with van der Waals surface area (Å²) in [6.45, 7) is 2.82. The molecule has 0 aliphatic heterocycles. The highest BCUT2D eigenvalue weighted by atomic mass is 19.3. The van der Waals surface area contributed by atoms with Gasteiger partial charge in [0.25, 0.3) is 0 Å². The van der Waals surface area contributed by atoms with Gasteiger partial charge < -0.3 is 4.74 Å². The molecule has 4 aliphatic rings. The molecule has 0 amide bonds. The molecule has 178 valence electrons. The minimum atomic E-state index is -7.91. The summed E-state index contributed by atoms with van der Waals surface area (Å²) in [4.78, 5) is 11.4. The Balaban J connectivity index is 2.69. The van der Waals surface area contributed by atoms with Crippen LogP contribution in [0.25, 0.3) is 0 Å². The van der Waals surface area contributed by atoms with Gasteiger partial charge in [-0.15, -0.1) is 0 Å². The maximum Gasteiger partial charge on any atom is 0.345 e. The van der Waals surface area contributed by atoms with Crippen molar-refractivity contribution < 1.29 is 75.4 Å². The topological polar surface area (TPSA) is 26.3 Å².